The van der Waals surface area contributed by atoms with Gasteiger partial charge in [-0.1, -0.05) is 36.4 Å². The highest BCUT2D eigenvalue weighted by Crippen LogP contribution is 2.33. The molecular formula is C15H14BrNOS. The van der Waals surface area contributed by atoms with Gasteiger partial charge in [0.15, 0.2) is 0 Å². The fourth-order valence-electron chi connectivity index (χ4n) is 2.05. The largest absolute Gasteiger partial charge is 0.249 e. The van der Waals surface area contributed by atoms with Crippen LogP contribution in [0.15, 0.2) is 57.4 Å². The van der Waals surface area contributed by atoms with E-state index in [1.54, 1.807) is 0 Å². The van der Waals surface area contributed by atoms with E-state index in [-0.39, 0.29) is 0 Å². The lowest BCUT2D eigenvalue weighted by atomic mass is 10.1. The Labute approximate surface area is 122 Å². The third kappa shape index (κ3) is 2.74. The summed E-state index contributed by atoms with van der Waals surface area (Å²) in [7, 11) is -1.95. The molecule has 1 aliphatic rings. The van der Waals surface area contributed by atoms with Gasteiger partial charge in [-0.05, 0) is 45.6 Å². The van der Waals surface area contributed by atoms with Crippen LogP contribution in [0.25, 0.3) is 11.1 Å². The van der Waals surface area contributed by atoms with Crippen molar-refractivity contribution >= 4 is 31.3 Å². The SMILES string of the molecule is O=S1(=Nc2ccc(-c3ccccc3)cc2Br)CCC1. The van der Waals surface area contributed by atoms with Crippen LogP contribution in [-0.4, -0.2) is 15.7 Å². The lowest BCUT2D eigenvalue weighted by molar-refractivity contribution is 0.663. The van der Waals surface area contributed by atoms with Crippen LogP contribution in [0, 0.1) is 0 Å². The summed E-state index contributed by atoms with van der Waals surface area (Å²) in [5, 5.41) is 0. The van der Waals surface area contributed by atoms with Gasteiger partial charge in [-0.2, -0.15) is 4.36 Å². The zero-order valence-electron chi connectivity index (χ0n) is 10.4. The molecule has 2 aromatic rings. The Bertz CT molecular complexity index is 708. The molecule has 2 nitrogen and oxygen atoms in total. The first-order valence-corrected chi connectivity index (χ1v) is 8.88. The Hall–Kier alpha value is -1.13. The number of rotatable bonds is 2. The minimum atomic E-state index is -1.95. The van der Waals surface area contributed by atoms with Gasteiger partial charge in [0.2, 0.25) is 0 Å². The van der Waals surface area contributed by atoms with Crippen molar-refractivity contribution in [2.24, 2.45) is 4.36 Å². The molecule has 0 atom stereocenters. The van der Waals surface area contributed by atoms with E-state index in [9.17, 15) is 4.21 Å². The number of halogens is 1. The van der Waals surface area contributed by atoms with Crippen LogP contribution in [0.4, 0.5) is 5.69 Å². The van der Waals surface area contributed by atoms with Crippen LogP contribution in [0.5, 0.6) is 0 Å². The van der Waals surface area contributed by atoms with Gasteiger partial charge in [0.05, 0.1) is 15.4 Å². The van der Waals surface area contributed by atoms with Gasteiger partial charge in [-0.3, -0.25) is 0 Å². The van der Waals surface area contributed by atoms with Gasteiger partial charge >= 0.3 is 0 Å². The molecule has 19 heavy (non-hydrogen) atoms. The summed E-state index contributed by atoms with van der Waals surface area (Å²) >= 11 is 3.53. The fraction of sp³-hybridized carbons (Fsp3) is 0.200. The molecule has 4 heteroatoms. The normalized spacial score (nSPS) is 16.7. The highest BCUT2D eigenvalue weighted by atomic mass is 79.9. The smallest absolute Gasteiger partial charge is 0.0872 e. The number of benzene rings is 2. The standard InChI is InChI=1S/C15H14BrNOS/c16-14-11-13(12-5-2-1-3-6-12)7-8-15(14)17-19(18)9-4-10-19/h1-3,5-8,11H,4,9-10H2. The van der Waals surface area contributed by atoms with Gasteiger partial charge < -0.3 is 0 Å². The lowest BCUT2D eigenvalue weighted by Gasteiger charge is -2.18. The van der Waals surface area contributed by atoms with E-state index in [4.69, 9.17) is 0 Å². The van der Waals surface area contributed by atoms with E-state index in [1.165, 1.54) is 5.56 Å². The minimum absolute atomic E-state index is 0.736. The van der Waals surface area contributed by atoms with Crippen molar-refractivity contribution in [1.82, 2.24) is 0 Å². The van der Waals surface area contributed by atoms with Gasteiger partial charge in [0, 0.05) is 16.0 Å². The topological polar surface area (TPSA) is 29.4 Å². The first kappa shape index (κ1) is 12.9. The first-order valence-electron chi connectivity index (χ1n) is 6.24. The van der Waals surface area contributed by atoms with Crippen molar-refractivity contribution in [2.75, 3.05) is 11.5 Å². The second-order valence-electron chi connectivity index (χ2n) is 4.66. The maximum atomic E-state index is 12.1. The van der Waals surface area contributed by atoms with Crippen LogP contribution in [0.3, 0.4) is 0 Å². The maximum Gasteiger partial charge on any atom is 0.0872 e. The molecule has 0 unspecified atom stereocenters. The summed E-state index contributed by atoms with van der Waals surface area (Å²) in [6, 6.07) is 16.2. The molecule has 98 valence electrons. The lowest BCUT2D eigenvalue weighted by Crippen LogP contribution is -2.22. The molecule has 1 heterocycles. The van der Waals surface area contributed by atoms with E-state index < -0.39 is 9.73 Å². The number of hydrogen-bond donors (Lipinski definition) is 0. The monoisotopic (exact) mass is 335 g/mol. The molecule has 0 spiro atoms. The highest BCUT2D eigenvalue weighted by Gasteiger charge is 2.19. The summed E-state index contributed by atoms with van der Waals surface area (Å²) in [6.07, 6.45) is 1.03. The third-order valence-electron chi connectivity index (χ3n) is 3.25. The summed E-state index contributed by atoms with van der Waals surface area (Å²) in [4.78, 5) is 0. The Morgan fingerprint density at radius 2 is 1.74 bits per heavy atom. The predicted octanol–water partition coefficient (Wildman–Crippen LogP) is 4.62. The van der Waals surface area contributed by atoms with E-state index in [1.807, 2.05) is 36.4 Å². The zero-order chi connectivity index (χ0) is 13.3. The average molecular weight is 336 g/mol. The maximum absolute atomic E-state index is 12.1. The second kappa shape index (κ2) is 5.10. The number of hydrogen-bond acceptors (Lipinski definition) is 2. The minimum Gasteiger partial charge on any atom is -0.249 e. The van der Waals surface area contributed by atoms with Gasteiger partial charge in [-0.15, -0.1) is 0 Å². The average Bonchev–Trinajstić information content (AvgIpc) is 2.40. The molecule has 0 N–H and O–H groups in total. The van der Waals surface area contributed by atoms with Crippen molar-refractivity contribution in [2.45, 2.75) is 6.42 Å². The summed E-state index contributed by atoms with van der Waals surface area (Å²) < 4.78 is 17.4. The zero-order valence-corrected chi connectivity index (χ0v) is 12.8. The second-order valence-corrected chi connectivity index (χ2v) is 8.06. The third-order valence-corrected chi connectivity index (χ3v) is 6.26. The Morgan fingerprint density at radius 1 is 1.00 bits per heavy atom. The molecule has 0 aliphatic carbocycles. The molecule has 0 radical (unpaired) electrons. The van der Waals surface area contributed by atoms with Crippen LogP contribution < -0.4 is 0 Å². The molecule has 1 fully saturated rings. The molecule has 1 saturated heterocycles. The molecule has 0 aromatic heterocycles. The van der Waals surface area contributed by atoms with E-state index >= 15 is 0 Å². The molecule has 0 bridgehead atoms. The quantitative estimate of drug-likeness (QED) is 0.787. The van der Waals surface area contributed by atoms with Crippen LogP contribution in [0.1, 0.15) is 6.42 Å². The Kier molecular flexibility index (Phi) is 3.46. The molecule has 0 amide bonds. The van der Waals surface area contributed by atoms with Crippen molar-refractivity contribution in [3.8, 4) is 11.1 Å². The fourth-order valence-corrected chi connectivity index (χ4v) is 4.12. The highest BCUT2D eigenvalue weighted by molar-refractivity contribution is 9.10. The van der Waals surface area contributed by atoms with Crippen LogP contribution in [0.2, 0.25) is 0 Å². The van der Waals surface area contributed by atoms with Gasteiger partial charge in [0.1, 0.15) is 0 Å². The van der Waals surface area contributed by atoms with Crippen LogP contribution >= 0.6 is 15.9 Å². The summed E-state index contributed by atoms with van der Waals surface area (Å²) in [6.45, 7) is 0. The molecule has 0 saturated carbocycles. The molecule has 3 rings (SSSR count). The van der Waals surface area contributed by atoms with E-state index in [2.05, 4.69) is 32.4 Å². The first-order chi connectivity index (χ1) is 9.16. The summed E-state index contributed by atoms with van der Waals surface area (Å²) in [5.74, 6) is 1.47. The molecular weight excluding hydrogens is 322 g/mol. The Morgan fingerprint density at radius 3 is 2.32 bits per heavy atom. The van der Waals surface area contributed by atoms with Crippen molar-refractivity contribution in [3.05, 3.63) is 53.0 Å². The van der Waals surface area contributed by atoms with Gasteiger partial charge in [-0.25, -0.2) is 4.21 Å². The van der Waals surface area contributed by atoms with Gasteiger partial charge in [0.25, 0.3) is 0 Å². The summed E-state index contributed by atoms with van der Waals surface area (Å²) in [5.41, 5.74) is 3.10. The molecule has 2 aromatic carbocycles. The van der Waals surface area contributed by atoms with Crippen molar-refractivity contribution in [3.63, 3.8) is 0 Å². The Balaban J connectivity index is 1.99. The predicted molar refractivity (Wildman–Crippen MR) is 84.2 cm³/mol. The van der Waals surface area contributed by atoms with E-state index in [0.29, 0.717) is 0 Å². The van der Waals surface area contributed by atoms with Crippen molar-refractivity contribution < 1.29 is 4.21 Å². The number of nitrogens with zero attached hydrogens (tertiary/aromatic N) is 1. The van der Waals surface area contributed by atoms with E-state index in [0.717, 1.165) is 33.7 Å². The van der Waals surface area contributed by atoms with Crippen LogP contribution in [-0.2, 0) is 9.73 Å². The van der Waals surface area contributed by atoms with Crippen molar-refractivity contribution in [1.29, 1.82) is 0 Å². The molecule has 1 aliphatic heterocycles.